The second kappa shape index (κ2) is 7.63. The number of aromatic nitrogens is 1. The molecule has 0 bridgehead atoms. The van der Waals surface area contributed by atoms with Crippen LogP contribution in [0.4, 0.5) is 11.4 Å². The van der Waals surface area contributed by atoms with Gasteiger partial charge in [0.15, 0.2) is 0 Å². The molecule has 2 atom stereocenters. The molecule has 3 nitrogen and oxygen atoms in total. The van der Waals surface area contributed by atoms with Crippen molar-refractivity contribution in [2.45, 2.75) is 50.8 Å². The van der Waals surface area contributed by atoms with Gasteiger partial charge in [-0.05, 0) is 37.5 Å². The largest absolute Gasteiger partial charge is 0.384 e. The van der Waals surface area contributed by atoms with E-state index >= 15 is 0 Å². The summed E-state index contributed by atoms with van der Waals surface area (Å²) in [6, 6.07) is 2.79. The van der Waals surface area contributed by atoms with Crippen LogP contribution in [0.3, 0.4) is 0 Å². The molecule has 2 N–H and O–H groups in total. The maximum Gasteiger partial charge on any atom is 0.0549 e. The van der Waals surface area contributed by atoms with Crippen molar-refractivity contribution in [2.24, 2.45) is 0 Å². The van der Waals surface area contributed by atoms with Gasteiger partial charge < -0.3 is 10.6 Å². The molecule has 4 heteroatoms. The molecular weight excluding hydrogens is 254 g/mol. The van der Waals surface area contributed by atoms with Crippen LogP contribution in [-0.4, -0.2) is 28.6 Å². The van der Waals surface area contributed by atoms with E-state index in [1.165, 1.54) is 25.0 Å². The molecule has 1 aromatic rings. The van der Waals surface area contributed by atoms with Crippen LogP contribution in [0.15, 0.2) is 18.5 Å². The lowest BCUT2D eigenvalue weighted by Crippen LogP contribution is -2.16. The molecule has 0 saturated heterocycles. The first-order valence-electron chi connectivity index (χ1n) is 7.38. The highest BCUT2D eigenvalue weighted by Crippen LogP contribution is 2.31. The van der Waals surface area contributed by atoms with Crippen molar-refractivity contribution in [3.63, 3.8) is 0 Å². The normalized spacial score (nSPS) is 22.4. The third kappa shape index (κ3) is 4.60. The summed E-state index contributed by atoms with van der Waals surface area (Å²) in [6.45, 7) is 5.43. The Morgan fingerprint density at radius 3 is 2.89 bits per heavy atom. The van der Waals surface area contributed by atoms with E-state index in [9.17, 15) is 0 Å². The predicted octanol–water partition coefficient (Wildman–Crippen LogP) is 3.99. The van der Waals surface area contributed by atoms with Crippen LogP contribution in [0.2, 0.25) is 0 Å². The van der Waals surface area contributed by atoms with Gasteiger partial charge in [-0.1, -0.05) is 13.8 Å². The molecule has 1 saturated carbocycles. The SMILES string of the molecule is CCCNc1cncc(NC2CCC(SCC)C2)c1. The van der Waals surface area contributed by atoms with Crippen LogP contribution in [0, 0.1) is 0 Å². The standard InChI is InChI=1S/C15H25N3S/c1-3-7-17-13-8-14(11-16-10-13)18-12-5-6-15(9-12)19-4-2/h8,10-12,15,17-18H,3-7,9H2,1-2H3. The lowest BCUT2D eigenvalue weighted by Gasteiger charge is -2.15. The van der Waals surface area contributed by atoms with E-state index in [1.807, 2.05) is 12.4 Å². The highest BCUT2D eigenvalue weighted by atomic mass is 32.2. The van der Waals surface area contributed by atoms with Gasteiger partial charge in [-0.3, -0.25) is 4.98 Å². The van der Waals surface area contributed by atoms with Crippen molar-refractivity contribution in [3.8, 4) is 0 Å². The Morgan fingerprint density at radius 2 is 2.11 bits per heavy atom. The number of hydrogen-bond donors (Lipinski definition) is 2. The number of thioether (sulfide) groups is 1. The summed E-state index contributed by atoms with van der Waals surface area (Å²) in [7, 11) is 0. The first-order chi connectivity index (χ1) is 9.31. The third-order valence-corrected chi connectivity index (χ3v) is 4.71. The molecular formula is C15H25N3S. The van der Waals surface area contributed by atoms with Gasteiger partial charge in [0, 0.05) is 17.8 Å². The minimum absolute atomic E-state index is 0.618. The van der Waals surface area contributed by atoms with Gasteiger partial charge in [0.25, 0.3) is 0 Å². The molecule has 0 amide bonds. The summed E-state index contributed by atoms with van der Waals surface area (Å²) in [4.78, 5) is 4.30. The van der Waals surface area contributed by atoms with Crippen LogP contribution in [0.25, 0.3) is 0 Å². The quantitative estimate of drug-likeness (QED) is 0.791. The molecule has 1 aliphatic carbocycles. The average Bonchev–Trinajstić information content (AvgIpc) is 2.85. The van der Waals surface area contributed by atoms with E-state index in [-0.39, 0.29) is 0 Å². The fourth-order valence-corrected chi connectivity index (χ4v) is 3.72. The highest BCUT2D eigenvalue weighted by molar-refractivity contribution is 7.99. The van der Waals surface area contributed by atoms with E-state index in [1.54, 1.807) is 0 Å². The minimum Gasteiger partial charge on any atom is -0.384 e. The topological polar surface area (TPSA) is 37.0 Å². The fourth-order valence-electron chi connectivity index (χ4n) is 2.58. The number of nitrogens with zero attached hydrogens (tertiary/aromatic N) is 1. The summed E-state index contributed by atoms with van der Waals surface area (Å²) in [5.41, 5.74) is 2.26. The summed E-state index contributed by atoms with van der Waals surface area (Å²) >= 11 is 2.10. The molecule has 1 fully saturated rings. The molecule has 1 aromatic heterocycles. The molecule has 0 spiro atoms. The number of nitrogens with one attached hydrogen (secondary N) is 2. The van der Waals surface area contributed by atoms with Crippen LogP contribution in [0.1, 0.15) is 39.5 Å². The molecule has 1 heterocycles. The number of anilines is 2. The Labute approximate surface area is 121 Å². The summed E-state index contributed by atoms with van der Waals surface area (Å²) < 4.78 is 0. The molecule has 0 aromatic carbocycles. The monoisotopic (exact) mass is 279 g/mol. The first-order valence-corrected chi connectivity index (χ1v) is 8.43. The molecule has 19 heavy (non-hydrogen) atoms. The van der Waals surface area contributed by atoms with Crippen molar-refractivity contribution >= 4 is 23.1 Å². The van der Waals surface area contributed by atoms with Crippen molar-refractivity contribution in [3.05, 3.63) is 18.5 Å². The summed E-state index contributed by atoms with van der Waals surface area (Å²) in [5.74, 6) is 1.23. The van der Waals surface area contributed by atoms with E-state index < -0.39 is 0 Å². The van der Waals surface area contributed by atoms with Crippen molar-refractivity contribution in [1.82, 2.24) is 4.98 Å². The number of pyridine rings is 1. The Morgan fingerprint density at radius 1 is 1.26 bits per heavy atom. The van der Waals surface area contributed by atoms with Crippen LogP contribution >= 0.6 is 11.8 Å². The molecule has 106 valence electrons. The second-order valence-electron chi connectivity index (χ2n) is 5.12. The smallest absolute Gasteiger partial charge is 0.0549 e. The van der Waals surface area contributed by atoms with Gasteiger partial charge in [-0.2, -0.15) is 11.8 Å². The Kier molecular flexibility index (Phi) is 5.83. The van der Waals surface area contributed by atoms with E-state index in [2.05, 4.69) is 47.3 Å². The fraction of sp³-hybridized carbons (Fsp3) is 0.667. The molecule has 2 unspecified atom stereocenters. The van der Waals surface area contributed by atoms with Crippen LogP contribution in [0.5, 0.6) is 0 Å². The van der Waals surface area contributed by atoms with Gasteiger partial charge in [-0.15, -0.1) is 0 Å². The highest BCUT2D eigenvalue weighted by Gasteiger charge is 2.24. The maximum atomic E-state index is 4.30. The van der Waals surface area contributed by atoms with Crippen molar-refractivity contribution in [2.75, 3.05) is 22.9 Å². The van der Waals surface area contributed by atoms with Crippen LogP contribution < -0.4 is 10.6 Å². The van der Waals surface area contributed by atoms with Crippen LogP contribution in [-0.2, 0) is 0 Å². The van der Waals surface area contributed by atoms with Crippen molar-refractivity contribution < 1.29 is 0 Å². The van der Waals surface area contributed by atoms with Gasteiger partial charge >= 0.3 is 0 Å². The van der Waals surface area contributed by atoms with Gasteiger partial charge in [0.05, 0.1) is 23.8 Å². The third-order valence-electron chi connectivity index (χ3n) is 3.48. The molecule has 0 aliphatic heterocycles. The zero-order valence-corrected chi connectivity index (χ0v) is 12.8. The molecule has 1 aliphatic rings. The minimum atomic E-state index is 0.618. The summed E-state index contributed by atoms with van der Waals surface area (Å²) in [5, 5.41) is 7.86. The van der Waals surface area contributed by atoms with E-state index in [0.29, 0.717) is 6.04 Å². The maximum absolute atomic E-state index is 4.30. The lowest BCUT2D eigenvalue weighted by molar-refractivity contribution is 0.756. The lowest BCUT2D eigenvalue weighted by atomic mass is 10.2. The van der Waals surface area contributed by atoms with Gasteiger partial charge in [0.2, 0.25) is 0 Å². The van der Waals surface area contributed by atoms with Gasteiger partial charge in [0.1, 0.15) is 0 Å². The zero-order chi connectivity index (χ0) is 13.5. The number of hydrogen-bond acceptors (Lipinski definition) is 4. The Balaban J connectivity index is 1.85. The van der Waals surface area contributed by atoms with Crippen molar-refractivity contribution in [1.29, 1.82) is 0 Å². The first kappa shape index (κ1) is 14.5. The predicted molar refractivity (Wildman–Crippen MR) is 86.2 cm³/mol. The second-order valence-corrected chi connectivity index (χ2v) is 6.70. The average molecular weight is 279 g/mol. The molecule has 2 rings (SSSR count). The molecule has 0 radical (unpaired) electrons. The summed E-state index contributed by atoms with van der Waals surface area (Å²) in [6.07, 6.45) is 8.87. The Bertz CT molecular complexity index is 383. The van der Waals surface area contributed by atoms with E-state index in [0.717, 1.165) is 29.6 Å². The zero-order valence-electron chi connectivity index (χ0n) is 12.0. The van der Waals surface area contributed by atoms with E-state index in [4.69, 9.17) is 0 Å². The van der Waals surface area contributed by atoms with Gasteiger partial charge in [-0.25, -0.2) is 0 Å². The number of rotatable bonds is 7. The Hall–Kier alpha value is -0.900.